The van der Waals surface area contributed by atoms with E-state index >= 15 is 0 Å². The van der Waals surface area contributed by atoms with Crippen molar-refractivity contribution >= 4 is 29.5 Å². The molecule has 1 saturated heterocycles. The fourth-order valence-electron chi connectivity index (χ4n) is 5.20. The van der Waals surface area contributed by atoms with E-state index in [1.807, 2.05) is 18.2 Å². The van der Waals surface area contributed by atoms with E-state index in [4.69, 9.17) is 21.4 Å². The molecule has 2 heterocycles. The topological polar surface area (TPSA) is 155 Å². The van der Waals surface area contributed by atoms with Crippen LogP contribution in [0.1, 0.15) is 77.6 Å². The highest BCUT2D eigenvalue weighted by Crippen LogP contribution is 2.20. The molecule has 1 fully saturated rings. The molecule has 1 aliphatic heterocycles. The summed E-state index contributed by atoms with van der Waals surface area (Å²) in [7, 11) is 0. The molecular weight excluding hydrogens is 554 g/mol. The second-order valence-corrected chi connectivity index (χ2v) is 11.1. The minimum atomic E-state index is -0.155. The van der Waals surface area contributed by atoms with Gasteiger partial charge in [-0.1, -0.05) is 74.2 Å². The number of hydrogen-bond donors (Lipinski definition) is 4. The van der Waals surface area contributed by atoms with Crippen LogP contribution in [0, 0.1) is 0 Å². The predicted molar refractivity (Wildman–Crippen MR) is 176 cm³/mol. The normalized spacial score (nSPS) is 13.1. The Bertz CT molecular complexity index is 1280. The van der Waals surface area contributed by atoms with Crippen molar-refractivity contribution in [3.05, 3.63) is 71.3 Å². The van der Waals surface area contributed by atoms with Crippen molar-refractivity contribution in [3.63, 3.8) is 0 Å². The number of unbranched alkanes of at least 4 members (excludes halogenated alkanes) is 6. The van der Waals surface area contributed by atoms with Crippen molar-refractivity contribution in [1.29, 1.82) is 0 Å². The van der Waals surface area contributed by atoms with E-state index in [9.17, 15) is 9.59 Å². The summed E-state index contributed by atoms with van der Waals surface area (Å²) in [5, 5.41) is 6.74. The molecule has 0 atom stereocenters. The average molecular weight is 602 g/mol. The Morgan fingerprint density at radius 3 is 1.73 bits per heavy atom. The van der Waals surface area contributed by atoms with E-state index in [1.54, 1.807) is 41.3 Å². The summed E-state index contributed by atoms with van der Waals surface area (Å²) in [6.45, 7) is 5.12. The smallest absolute Gasteiger partial charge is 0.254 e. The predicted octanol–water partition coefficient (Wildman–Crippen LogP) is 3.93. The molecule has 11 heteroatoms. The van der Waals surface area contributed by atoms with Gasteiger partial charge in [-0.2, -0.15) is 15.0 Å². The quantitative estimate of drug-likeness (QED) is 0.124. The minimum Gasteiger partial charge on any atom is -0.354 e. The first-order valence-corrected chi connectivity index (χ1v) is 16.0. The minimum absolute atomic E-state index is 0.144. The lowest BCUT2D eigenvalue weighted by atomic mass is 9.97. The maximum atomic E-state index is 13.6. The number of piperazine rings is 1. The third-order valence-corrected chi connectivity index (χ3v) is 7.74. The molecule has 11 nitrogen and oxygen atoms in total. The Hall–Kier alpha value is -4.09. The van der Waals surface area contributed by atoms with Crippen LogP contribution in [-0.2, 0) is 0 Å². The van der Waals surface area contributed by atoms with Crippen LogP contribution in [0.2, 0.25) is 0 Å². The molecule has 0 saturated carbocycles. The SMILES string of the molecule is NCCCCCCNc1nc(NCCCCCCN)nc(N2CCN(C(=O)c3ccccc3C(=O)c3ccccc3)CC2)n1. The van der Waals surface area contributed by atoms with Gasteiger partial charge in [0, 0.05) is 50.4 Å². The summed E-state index contributed by atoms with van der Waals surface area (Å²) in [6.07, 6.45) is 8.55. The zero-order valence-electron chi connectivity index (χ0n) is 25.7. The van der Waals surface area contributed by atoms with Crippen LogP contribution in [0.25, 0.3) is 0 Å². The van der Waals surface area contributed by atoms with Gasteiger partial charge in [0.2, 0.25) is 17.8 Å². The highest BCUT2D eigenvalue weighted by Gasteiger charge is 2.27. The third kappa shape index (κ3) is 9.72. The number of ketones is 1. The monoisotopic (exact) mass is 601 g/mol. The van der Waals surface area contributed by atoms with E-state index in [0.717, 1.165) is 77.5 Å². The lowest BCUT2D eigenvalue weighted by Gasteiger charge is -2.35. The van der Waals surface area contributed by atoms with Crippen molar-refractivity contribution in [1.82, 2.24) is 19.9 Å². The number of hydrogen-bond acceptors (Lipinski definition) is 10. The number of carbonyl (C=O) groups is 2. The molecule has 0 unspecified atom stereocenters. The van der Waals surface area contributed by atoms with E-state index in [2.05, 4.69) is 20.5 Å². The van der Waals surface area contributed by atoms with Crippen LogP contribution in [-0.4, -0.2) is 83.9 Å². The maximum absolute atomic E-state index is 13.6. The van der Waals surface area contributed by atoms with Gasteiger partial charge in [0.15, 0.2) is 5.78 Å². The third-order valence-electron chi connectivity index (χ3n) is 7.74. The summed E-state index contributed by atoms with van der Waals surface area (Å²) in [5.74, 6) is 1.38. The van der Waals surface area contributed by atoms with Crippen LogP contribution in [0.5, 0.6) is 0 Å². The van der Waals surface area contributed by atoms with Gasteiger partial charge >= 0.3 is 0 Å². The average Bonchev–Trinajstić information content (AvgIpc) is 3.07. The maximum Gasteiger partial charge on any atom is 0.254 e. The fourth-order valence-corrected chi connectivity index (χ4v) is 5.20. The van der Waals surface area contributed by atoms with Crippen molar-refractivity contribution < 1.29 is 9.59 Å². The Labute approximate surface area is 260 Å². The van der Waals surface area contributed by atoms with Gasteiger partial charge < -0.3 is 31.9 Å². The number of nitrogens with zero attached hydrogens (tertiary/aromatic N) is 5. The van der Waals surface area contributed by atoms with Gasteiger partial charge in [-0.25, -0.2) is 0 Å². The van der Waals surface area contributed by atoms with Gasteiger partial charge in [0.1, 0.15) is 0 Å². The molecule has 2 aromatic carbocycles. The van der Waals surface area contributed by atoms with Crippen molar-refractivity contribution in [2.75, 3.05) is 67.9 Å². The first-order chi connectivity index (χ1) is 21.6. The highest BCUT2D eigenvalue weighted by molar-refractivity contribution is 6.15. The summed E-state index contributed by atoms with van der Waals surface area (Å²) in [4.78, 5) is 44.8. The number of anilines is 3. The zero-order valence-corrected chi connectivity index (χ0v) is 25.7. The first-order valence-electron chi connectivity index (χ1n) is 16.0. The van der Waals surface area contributed by atoms with Gasteiger partial charge in [0.25, 0.3) is 5.91 Å². The molecule has 1 aromatic heterocycles. The van der Waals surface area contributed by atoms with Gasteiger partial charge in [-0.3, -0.25) is 9.59 Å². The summed E-state index contributed by atoms with van der Waals surface area (Å²) in [6, 6.07) is 16.1. The van der Waals surface area contributed by atoms with E-state index in [0.29, 0.717) is 60.7 Å². The number of aromatic nitrogens is 3. The van der Waals surface area contributed by atoms with Crippen molar-refractivity contribution in [2.45, 2.75) is 51.4 Å². The molecule has 4 rings (SSSR count). The number of rotatable bonds is 18. The Morgan fingerprint density at radius 1 is 0.636 bits per heavy atom. The molecule has 0 bridgehead atoms. The molecule has 44 heavy (non-hydrogen) atoms. The number of carbonyl (C=O) groups excluding carboxylic acids is 2. The second kappa shape index (κ2) is 17.9. The molecule has 1 aliphatic rings. The number of benzene rings is 2. The molecule has 0 radical (unpaired) electrons. The van der Waals surface area contributed by atoms with Crippen molar-refractivity contribution in [2.24, 2.45) is 11.5 Å². The summed E-state index contributed by atoms with van der Waals surface area (Å²) >= 11 is 0. The largest absolute Gasteiger partial charge is 0.354 e. The zero-order chi connectivity index (χ0) is 31.0. The summed E-state index contributed by atoms with van der Waals surface area (Å²) in [5.41, 5.74) is 12.6. The highest BCUT2D eigenvalue weighted by atomic mass is 16.2. The van der Waals surface area contributed by atoms with E-state index in [-0.39, 0.29) is 11.7 Å². The Kier molecular flexibility index (Phi) is 13.3. The van der Waals surface area contributed by atoms with E-state index in [1.165, 1.54) is 0 Å². The Balaban J connectivity index is 1.40. The Morgan fingerprint density at radius 2 is 1.16 bits per heavy atom. The van der Waals surface area contributed by atoms with Crippen LogP contribution in [0.15, 0.2) is 54.6 Å². The van der Waals surface area contributed by atoms with Crippen LogP contribution >= 0.6 is 0 Å². The molecule has 6 N–H and O–H groups in total. The molecule has 0 aliphatic carbocycles. The molecule has 0 spiro atoms. The van der Waals surface area contributed by atoms with Crippen LogP contribution < -0.4 is 27.0 Å². The van der Waals surface area contributed by atoms with Crippen molar-refractivity contribution in [3.8, 4) is 0 Å². The standard InChI is InChI=1S/C33H47N9O2/c34-18-10-1-3-12-20-36-31-38-32(37-21-13-4-2-11-19-35)40-33(39-31)42-24-22-41(23-25-42)30(44)28-17-9-8-16-27(28)29(43)26-14-6-5-7-15-26/h5-9,14-17H,1-4,10-13,18-25,34-35H2,(H2,36,37,38,39,40). The molecule has 3 aromatic rings. The lowest BCUT2D eigenvalue weighted by Crippen LogP contribution is -2.49. The first kappa shape index (κ1) is 32.8. The van der Waals surface area contributed by atoms with Crippen LogP contribution in [0.4, 0.5) is 17.8 Å². The van der Waals surface area contributed by atoms with Gasteiger partial charge in [-0.05, 0) is 44.8 Å². The summed E-state index contributed by atoms with van der Waals surface area (Å²) < 4.78 is 0. The number of amides is 1. The number of nitrogens with one attached hydrogen (secondary N) is 2. The molecule has 1 amide bonds. The van der Waals surface area contributed by atoms with Gasteiger partial charge in [-0.15, -0.1) is 0 Å². The fraction of sp³-hybridized carbons (Fsp3) is 0.485. The molecular formula is C33H47N9O2. The van der Waals surface area contributed by atoms with Crippen LogP contribution in [0.3, 0.4) is 0 Å². The van der Waals surface area contributed by atoms with Gasteiger partial charge in [0.05, 0.1) is 5.56 Å². The van der Waals surface area contributed by atoms with E-state index < -0.39 is 0 Å². The number of nitrogens with two attached hydrogens (primary N) is 2. The lowest BCUT2D eigenvalue weighted by molar-refractivity contribution is 0.0742. The second-order valence-electron chi connectivity index (χ2n) is 11.1. The molecule has 236 valence electrons.